The summed E-state index contributed by atoms with van der Waals surface area (Å²) in [6.07, 6.45) is 1.53. The van der Waals surface area contributed by atoms with Crippen LogP contribution < -0.4 is 11.1 Å². The number of nitrogens with one attached hydrogen (secondary N) is 1. The third-order valence-electron chi connectivity index (χ3n) is 2.76. The van der Waals surface area contributed by atoms with Crippen LogP contribution in [0.15, 0.2) is 24.3 Å². The number of carbonyl (C=O) groups is 1. The Bertz CT molecular complexity index is 357. The fourth-order valence-corrected chi connectivity index (χ4v) is 1.60. The maximum Gasteiger partial charge on any atom is 0.220 e. The van der Waals surface area contributed by atoms with Crippen molar-refractivity contribution in [2.75, 3.05) is 5.73 Å². The molecular formula is C14H22N2O. The van der Waals surface area contributed by atoms with Gasteiger partial charge in [0, 0.05) is 12.1 Å². The summed E-state index contributed by atoms with van der Waals surface area (Å²) < 4.78 is 0. The summed E-state index contributed by atoms with van der Waals surface area (Å²) in [5.74, 6) is 0.676. The van der Waals surface area contributed by atoms with Gasteiger partial charge in [0.1, 0.15) is 0 Å². The monoisotopic (exact) mass is 234 g/mol. The number of nitrogen functional groups attached to an aromatic ring is 1. The van der Waals surface area contributed by atoms with Crippen LogP contribution in [0.3, 0.4) is 0 Å². The van der Waals surface area contributed by atoms with Crippen molar-refractivity contribution in [3.63, 3.8) is 0 Å². The summed E-state index contributed by atoms with van der Waals surface area (Å²) in [5, 5.41) is 2.99. The van der Waals surface area contributed by atoms with Crippen molar-refractivity contribution in [3.8, 4) is 0 Å². The molecule has 1 atom stereocenters. The summed E-state index contributed by atoms with van der Waals surface area (Å²) in [7, 11) is 0. The van der Waals surface area contributed by atoms with Crippen molar-refractivity contribution in [3.05, 3.63) is 29.8 Å². The lowest BCUT2D eigenvalue weighted by Crippen LogP contribution is -2.26. The molecular weight excluding hydrogens is 212 g/mol. The van der Waals surface area contributed by atoms with Gasteiger partial charge < -0.3 is 11.1 Å². The standard InChI is InChI=1S/C14H22N2O/c1-10(2)4-9-14(17)16-11(3)12-5-7-13(15)8-6-12/h5-8,10-11H,4,9,15H2,1-3H3,(H,16,17). The Morgan fingerprint density at radius 1 is 1.24 bits per heavy atom. The van der Waals surface area contributed by atoms with Gasteiger partial charge in [-0.3, -0.25) is 4.79 Å². The maximum atomic E-state index is 11.7. The van der Waals surface area contributed by atoms with E-state index in [4.69, 9.17) is 5.73 Å². The minimum Gasteiger partial charge on any atom is -0.399 e. The Morgan fingerprint density at radius 2 is 1.82 bits per heavy atom. The highest BCUT2D eigenvalue weighted by atomic mass is 16.1. The van der Waals surface area contributed by atoms with Crippen molar-refractivity contribution in [2.24, 2.45) is 5.92 Å². The highest BCUT2D eigenvalue weighted by molar-refractivity contribution is 5.76. The molecule has 0 saturated heterocycles. The smallest absolute Gasteiger partial charge is 0.220 e. The Morgan fingerprint density at radius 3 is 2.35 bits per heavy atom. The quantitative estimate of drug-likeness (QED) is 0.770. The van der Waals surface area contributed by atoms with E-state index in [0.29, 0.717) is 12.3 Å². The molecule has 0 fully saturated rings. The Hall–Kier alpha value is -1.51. The summed E-state index contributed by atoms with van der Waals surface area (Å²) in [5.41, 5.74) is 7.45. The summed E-state index contributed by atoms with van der Waals surface area (Å²) in [6.45, 7) is 6.23. The zero-order valence-corrected chi connectivity index (χ0v) is 10.9. The molecule has 0 spiro atoms. The maximum absolute atomic E-state index is 11.7. The van der Waals surface area contributed by atoms with Gasteiger partial charge in [-0.1, -0.05) is 26.0 Å². The lowest BCUT2D eigenvalue weighted by atomic mass is 10.1. The van der Waals surface area contributed by atoms with Gasteiger partial charge in [-0.15, -0.1) is 0 Å². The second kappa shape index (κ2) is 6.28. The van der Waals surface area contributed by atoms with Crippen molar-refractivity contribution >= 4 is 11.6 Å². The fraction of sp³-hybridized carbons (Fsp3) is 0.500. The molecule has 17 heavy (non-hydrogen) atoms. The molecule has 0 aliphatic heterocycles. The van der Waals surface area contributed by atoms with E-state index >= 15 is 0 Å². The van der Waals surface area contributed by atoms with Gasteiger partial charge >= 0.3 is 0 Å². The molecule has 0 heterocycles. The van der Waals surface area contributed by atoms with Crippen LogP contribution in [0.1, 0.15) is 45.2 Å². The van der Waals surface area contributed by atoms with Crippen molar-refractivity contribution in [1.29, 1.82) is 0 Å². The number of hydrogen-bond acceptors (Lipinski definition) is 2. The van der Waals surface area contributed by atoms with E-state index in [1.807, 2.05) is 31.2 Å². The minimum atomic E-state index is 0.0373. The zero-order chi connectivity index (χ0) is 12.8. The second-order valence-corrected chi connectivity index (χ2v) is 4.89. The third-order valence-corrected chi connectivity index (χ3v) is 2.76. The molecule has 0 aliphatic carbocycles. The molecule has 0 saturated carbocycles. The van der Waals surface area contributed by atoms with E-state index in [1.54, 1.807) is 0 Å². The first kappa shape index (κ1) is 13.6. The van der Waals surface area contributed by atoms with Crippen molar-refractivity contribution in [2.45, 2.75) is 39.7 Å². The average molecular weight is 234 g/mol. The van der Waals surface area contributed by atoms with Gasteiger partial charge in [0.25, 0.3) is 0 Å². The number of hydrogen-bond donors (Lipinski definition) is 2. The number of carbonyl (C=O) groups excluding carboxylic acids is 1. The molecule has 0 radical (unpaired) electrons. The van der Waals surface area contributed by atoms with Gasteiger partial charge in [0.2, 0.25) is 5.91 Å². The lowest BCUT2D eigenvalue weighted by molar-refractivity contribution is -0.122. The Kier molecular flexibility index (Phi) is 5.01. The van der Waals surface area contributed by atoms with Crippen LogP contribution in [0.5, 0.6) is 0 Å². The summed E-state index contributed by atoms with van der Waals surface area (Å²) >= 11 is 0. The van der Waals surface area contributed by atoms with Crippen LogP contribution in [0.25, 0.3) is 0 Å². The number of rotatable bonds is 5. The SMILES string of the molecule is CC(C)CCC(=O)NC(C)c1ccc(N)cc1. The molecule has 1 rings (SSSR count). The minimum absolute atomic E-state index is 0.0373. The fourth-order valence-electron chi connectivity index (χ4n) is 1.60. The normalized spacial score (nSPS) is 12.5. The molecule has 94 valence electrons. The van der Waals surface area contributed by atoms with Crippen molar-refractivity contribution < 1.29 is 4.79 Å². The van der Waals surface area contributed by atoms with Crippen molar-refractivity contribution in [1.82, 2.24) is 5.32 Å². The van der Waals surface area contributed by atoms with E-state index in [0.717, 1.165) is 17.7 Å². The molecule has 1 amide bonds. The number of benzene rings is 1. The summed E-state index contributed by atoms with van der Waals surface area (Å²) in [4.78, 5) is 11.7. The van der Waals surface area contributed by atoms with Gasteiger partial charge in [0.15, 0.2) is 0 Å². The molecule has 3 N–H and O–H groups in total. The largest absolute Gasteiger partial charge is 0.399 e. The van der Waals surface area contributed by atoms with E-state index in [2.05, 4.69) is 19.2 Å². The molecule has 1 aromatic rings. The van der Waals surface area contributed by atoms with Gasteiger partial charge in [-0.2, -0.15) is 0 Å². The van der Waals surface area contributed by atoms with E-state index in [-0.39, 0.29) is 11.9 Å². The zero-order valence-electron chi connectivity index (χ0n) is 10.9. The Labute approximate surface area is 103 Å². The van der Waals surface area contributed by atoms with Crippen LogP contribution in [0, 0.1) is 5.92 Å². The number of nitrogens with two attached hydrogens (primary N) is 1. The molecule has 0 aromatic heterocycles. The van der Waals surface area contributed by atoms with Gasteiger partial charge in [0.05, 0.1) is 6.04 Å². The van der Waals surface area contributed by atoms with E-state index < -0.39 is 0 Å². The van der Waals surface area contributed by atoms with E-state index in [9.17, 15) is 4.79 Å². The van der Waals surface area contributed by atoms with Crippen LogP contribution >= 0.6 is 0 Å². The predicted octanol–water partition coefficient (Wildman–Crippen LogP) is 2.88. The van der Waals surface area contributed by atoms with Gasteiger partial charge in [-0.05, 0) is 37.0 Å². The third kappa shape index (κ3) is 4.89. The van der Waals surface area contributed by atoms with Crippen LogP contribution in [0.2, 0.25) is 0 Å². The number of amides is 1. The molecule has 3 heteroatoms. The van der Waals surface area contributed by atoms with Gasteiger partial charge in [-0.25, -0.2) is 0 Å². The molecule has 0 bridgehead atoms. The molecule has 3 nitrogen and oxygen atoms in total. The number of anilines is 1. The van der Waals surface area contributed by atoms with Crippen LogP contribution in [-0.2, 0) is 4.79 Å². The topological polar surface area (TPSA) is 55.1 Å². The average Bonchev–Trinajstić information content (AvgIpc) is 2.27. The second-order valence-electron chi connectivity index (χ2n) is 4.89. The first-order valence-corrected chi connectivity index (χ1v) is 6.14. The Balaban J connectivity index is 2.46. The molecule has 1 aromatic carbocycles. The first-order valence-electron chi connectivity index (χ1n) is 6.14. The first-order chi connectivity index (χ1) is 7.99. The highest BCUT2D eigenvalue weighted by Gasteiger charge is 2.09. The predicted molar refractivity (Wildman–Crippen MR) is 71.5 cm³/mol. The van der Waals surface area contributed by atoms with Crippen LogP contribution in [0.4, 0.5) is 5.69 Å². The highest BCUT2D eigenvalue weighted by Crippen LogP contribution is 2.14. The summed E-state index contributed by atoms with van der Waals surface area (Å²) in [6, 6.07) is 7.64. The molecule has 1 unspecified atom stereocenters. The lowest BCUT2D eigenvalue weighted by Gasteiger charge is -2.15. The van der Waals surface area contributed by atoms with Crippen LogP contribution in [-0.4, -0.2) is 5.91 Å². The van der Waals surface area contributed by atoms with E-state index in [1.165, 1.54) is 0 Å². The molecule has 0 aliphatic rings.